The minimum atomic E-state index is -1.05. The Morgan fingerprint density at radius 3 is 2.60 bits per heavy atom. The number of carboxylic acid groups (broad SMARTS) is 1. The van der Waals surface area contributed by atoms with Crippen LogP contribution >= 0.6 is 11.8 Å². The van der Waals surface area contributed by atoms with Gasteiger partial charge < -0.3 is 21.1 Å². The number of carboxylic acids is 1. The second kappa shape index (κ2) is 8.68. The van der Waals surface area contributed by atoms with E-state index < -0.39 is 18.0 Å². The molecule has 0 heterocycles. The quantitative estimate of drug-likeness (QED) is 0.485. The summed E-state index contributed by atoms with van der Waals surface area (Å²) in [4.78, 5) is 33.8. The third-order valence-electron chi connectivity index (χ3n) is 2.79. The fourth-order valence-electron chi connectivity index (χ4n) is 1.52. The zero-order valence-corrected chi connectivity index (χ0v) is 12.3. The van der Waals surface area contributed by atoms with Gasteiger partial charge in [0.25, 0.3) is 0 Å². The highest BCUT2D eigenvalue weighted by Crippen LogP contribution is 2.18. The fraction of sp³-hybridized carbons (Fsp3) is 0.750. The third-order valence-corrected chi connectivity index (χ3v) is 3.44. The average Bonchev–Trinajstić information content (AvgIpc) is 3.17. The summed E-state index contributed by atoms with van der Waals surface area (Å²) in [6.45, 7) is 0.194. The summed E-state index contributed by atoms with van der Waals surface area (Å²) in [5, 5.41) is 16.6. The van der Waals surface area contributed by atoms with Crippen molar-refractivity contribution in [3.63, 3.8) is 0 Å². The number of rotatable bonds is 9. The molecule has 114 valence electrons. The highest BCUT2D eigenvalue weighted by molar-refractivity contribution is 7.98. The van der Waals surface area contributed by atoms with Gasteiger partial charge in [0.1, 0.15) is 6.04 Å². The number of carbonyl (C=O) groups excluding carboxylic acids is 2. The molecule has 1 rings (SSSR count). The number of carbonyl (C=O) groups is 3. The summed E-state index contributed by atoms with van der Waals surface area (Å²) in [5.41, 5.74) is 0. The van der Waals surface area contributed by atoms with Gasteiger partial charge in [-0.15, -0.1) is 0 Å². The van der Waals surface area contributed by atoms with Gasteiger partial charge in [0, 0.05) is 19.0 Å². The molecule has 7 nitrogen and oxygen atoms in total. The van der Waals surface area contributed by atoms with Gasteiger partial charge in [-0.3, -0.25) is 4.79 Å². The van der Waals surface area contributed by atoms with Crippen LogP contribution < -0.4 is 16.0 Å². The van der Waals surface area contributed by atoms with E-state index in [1.54, 1.807) is 0 Å². The van der Waals surface area contributed by atoms with Crippen LogP contribution in [-0.4, -0.2) is 53.7 Å². The number of nitrogens with one attached hydrogen (secondary N) is 3. The Morgan fingerprint density at radius 1 is 1.35 bits per heavy atom. The van der Waals surface area contributed by atoms with Crippen molar-refractivity contribution in [2.45, 2.75) is 37.8 Å². The smallest absolute Gasteiger partial charge is 0.326 e. The van der Waals surface area contributed by atoms with E-state index >= 15 is 0 Å². The predicted molar refractivity (Wildman–Crippen MR) is 76.7 cm³/mol. The molecule has 3 amide bonds. The summed E-state index contributed by atoms with van der Waals surface area (Å²) in [6, 6.07) is -1.15. The molecule has 8 heteroatoms. The molecule has 1 fully saturated rings. The number of hydrogen-bond donors (Lipinski definition) is 4. The summed E-state index contributed by atoms with van der Waals surface area (Å²) in [5.74, 6) is -0.494. The van der Waals surface area contributed by atoms with Crippen LogP contribution in [0.25, 0.3) is 0 Å². The van der Waals surface area contributed by atoms with E-state index in [1.807, 2.05) is 6.26 Å². The largest absolute Gasteiger partial charge is 0.480 e. The van der Waals surface area contributed by atoms with Crippen molar-refractivity contribution >= 4 is 29.7 Å². The highest BCUT2D eigenvalue weighted by Gasteiger charge is 2.23. The van der Waals surface area contributed by atoms with Gasteiger partial charge in [-0.25, -0.2) is 9.59 Å². The predicted octanol–water partition coefficient (Wildman–Crippen LogP) is 0.161. The fourth-order valence-corrected chi connectivity index (χ4v) is 1.99. The summed E-state index contributed by atoms with van der Waals surface area (Å²) in [6.07, 6.45) is 4.49. The first-order chi connectivity index (χ1) is 9.52. The molecule has 1 aliphatic carbocycles. The van der Waals surface area contributed by atoms with Crippen molar-refractivity contribution in [3.8, 4) is 0 Å². The normalized spacial score (nSPS) is 15.2. The number of amides is 3. The number of hydrogen-bond acceptors (Lipinski definition) is 4. The van der Waals surface area contributed by atoms with Gasteiger partial charge in [-0.2, -0.15) is 11.8 Å². The van der Waals surface area contributed by atoms with Crippen LogP contribution in [0.4, 0.5) is 4.79 Å². The Kier molecular flexibility index (Phi) is 7.21. The van der Waals surface area contributed by atoms with Crippen molar-refractivity contribution < 1.29 is 19.5 Å². The van der Waals surface area contributed by atoms with E-state index in [0.717, 1.165) is 12.8 Å². The summed E-state index contributed by atoms with van der Waals surface area (Å²) < 4.78 is 0. The topological polar surface area (TPSA) is 108 Å². The minimum absolute atomic E-state index is 0.0926. The second-order valence-corrected chi connectivity index (χ2v) is 5.65. The Bertz CT molecular complexity index is 361. The molecule has 0 aromatic carbocycles. The van der Waals surface area contributed by atoms with Crippen LogP contribution in [0.2, 0.25) is 0 Å². The van der Waals surface area contributed by atoms with E-state index in [-0.39, 0.29) is 18.9 Å². The highest BCUT2D eigenvalue weighted by atomic mass is 32.2. The second-order valence-electron chi connectivity index (χ2n) is 4.66. The molecule has 0 radical (unpaired) electrons. The molecule has 20 heavy (non-hydrogen) atoms. The number of urea groups is 1. The van der Waals surface area contributed by atoms with Crippen molar-refractivity contribution in [2.75, 3.05) is 18.6 Å². The van der Waals surface area contributed by atoms with Gasteiger partial charge >= 0.3 is 12.0 Å². The van der Waals surface area contributed by atoms with Crippen molar-refractivity contribution in [2.24, 2.45) is 0 Å². The van der Waals surface area contributed by atoms with Crippen LogP contribution in [0, 0.1) is 0 Å². The Balaban J connectivity index is 2.16. The standard InChI is InChI=1S/C12H21N3O4S/c1-20-7-5-9(11(17)18)15-12(19)13-6-4-10(16)14-8-2-3-8/h8-9H,2-7H2,1H3,(H,14,16)(H,17,18)(H2,13,15,19). The van der Waals surface area contributed by atoms with Gasteiger partial charge in [0.15, 0.2) is 0 Å². The lowest BCUT2D eigenvalue weighted by Crippen LogP contribution is -2.47. The molecule has 0 aromatic heterocycles. The molecule has 0 aliphatic heterocycles. The van der Waals surface area contributed by atoms with E-state index in [1.165, 1.54) is 11.8 Å². The third kappa shape index (κ3) is 7.22. The molecule has 1 aliphatic rings. The molecule has 1 saturated carbocycles. The van der Waals surface area contributed by atoms with Gasteiger partial charge in [0.2, 0.25) is 5.91 Å². The molecule has 0 saturated heterocycles. The molecular weight excluding hydrogens is 282 g/mol. The van der Waals surface area contributed by atoms with Crippen molar-refractivity contribution in [3.05, 3.63) is 0 Å². The van der Waals surface area contributed by atoms with Gasteiger partial charge in [-0.1, -0.05) is 0 Å². The Morgan fingerprint density at radius 2 is 2.05 bits per heavy atom. The molecule has 0 bridgehead atoms. The lowest BCUT2D eigenvalue weighted by molar-refractivity contribution is -0.139. The van der Waals surface area contributed by atoms with E-state index in [2.05, 4.69) is 16.0 Å². The Hall–Kier alpha value is -1.44. The first kappa shape index (κ1) is 16.6. The molecule has 0 spiro atoms. The molecule has 0 aromatic rings. The first-order valence-electron chi connectivity index (χ1n) is 6.58. The van der Waals surface area contributed by atoms with Gasteiger partial charge in [-0.05, 0) is 31.3 Å². The maximum atomic E-state index is 11.5. The lowest BCUT2D eigenvalue weighted by atomic mass is 10.2. The SMILES string of the molecule is CSCCC(NC(=O)NCCC(=O)NC1CC1)C(=O)O. The zero-order valence-electron chi connectivity index (χ0n) is 11.5. The van der Waals surface area contributed by atoms with Crippen molar-refractivity contribution in [1.29, 1.82) is 0 Å². The molecule has 1 atom stereocenters. The summed E-state index contributed by atoms with van der Waals surface area (Å²) >= 11 is 1.52. The maximum Gasteiger partial charge on any atom is 0.326 e. The minimum Gasteiger partial charge on any atom is -0.480 e. The number of thioether (sulfide) groups is 1. The Labute approximate surface area is 122 Å². The molecule has 1 unspecified atom stereocenters. The lowest BCUT2D eigenvalue weighted by Gasteiger charge is -2.14. The van der Waals surface area contributed by atoms with E-state index in [9.17, 15) is 14.4 Å². The average molecular weight is 303 g/mol. The molecule has 4 N–H and O–H groups in total. The van der Waals surface area contributed by atoms with E-state index in [4.69, 9.17) is 5.11 Å². The maximum absolute atomic E-state index is 11.5. The van der Waals surface area contributed by atoms with Gasteiger partial charge in [0.05, 0.1) is 0 Å². The van der Waals surface area contributed by atoms with E-state index in [0.29, 0.717) is 18.2 Å². The zero-order chi connectivity index (χ0) is 15.0. The van der Waals surface area contributed by atoms with Crippen LogP contribution in [0.1, 0.15) is 25.7 Å². The van der Waals surface area contributed by atoms with Crippen LogP contribution in [0.3, 0.4) is 0 Å². The van der Waals surface area contributed by atoms with Crippen LogP contribution in [0.15, 0.2) is 0 Å². The first-order valence-corrected chi connectivity index (χ1v) is 7.97. The monoisotopic (exact) mass is 303 g/mol. The summed E-state index contributed by atoms with van der Waals surface area (Å²) in [7, 11) is 0. The van der Waals surface area contributed by atoms with Crippen LogP contribution in [-0.2, 0) is 9.59 Å². The van der Waals surface area contributed by atoms with Crippen molar-refractivity contribution in [1.82, 2.24) is 16.0 Å². The van der Waals surface area contributed by atoms with Crippen LogP contribution in [0.5, 0.6) is 0 Å². The number of aliphatic carboxylic acids is 1. The molecular formula is C12H21N3O4S.